The van der Waals surface area contributed by atoms with Crippen molar-refractivity contribution in [1.82, 2.24) is 10.2 Å². The van der Waals surface area contributed by atoms with E-state index < -0.39 is 24.2 Å². The highest BCUT2D eigenvalue weighted by molar-refractivity contribution is 5.81. The summed E-state index contributed by atoms with van der Waals surface area (Å²) in [6, 6.07) is -2.62. The lowest BCUT2D eigenvalue weighted by molar-refractivity contribution is -0.202. The Morgan fingerprint density at radius 2 is 2.28 bits per heavy atom. The molecule has 3 N–H and O–H groups in total. The third kappa shape index (κ3) is 3.56. The highest BCUT2D eigenvalue weighted by atomic mass is 19.4. The maximum Gasteiger partial charge on any atom is 0.404 e. The Morgan fingerprint density at radius 3 is 2.78 bits per heavy atom. The number of carbonyl (C=O) groups is 1. The summed E-state index contributed by atoms with van der Waals surface area (Å²) in [6.07, 6.45) is -4.63. The molecule has 2 atom stereocenters. The first-order valence-corrected chi connectivity index (χ1v) is 5.73. The molecule has 2 unspecified atom stereocenters. The molecule has 1 aliphatic heterocycles. The zero-order chi connectivity index (χ0) is 13.8. The van der Waals surface area contributed by atoms with Gasteiger partial charge in [-0.05, 0) is 13.0 Å². The highest BCUT2D eigenvalue weighted by Gasteiger charge is 2.47. The Bertz CT molecular complexity index is 286. The first-order valence-electron chi connectivity index (χ1n) is 5.73. The number of carbonyl (C=O) groups excluding carboxylic acids is 1. The molecule has 0 aromatic rings. The van der Waals surface area contributed by atoms with Gasteiger partial charge in [0.05, 0.1) is 13.2 Å². The van der Waals surface area contributed by atoms with Crippen LogP contribution < -0.4 is 11.1 Å². The van der Waals surface area contributed by atoms with E-state index >= 15 is 0 Å². The summed E-state index contributed by atoms with van der Waals surface area (Å²) in [5.74, 6) is -0.471. The second kappa shape index (κ2) is 6.35. The molecule has 1 aliphatic rings. The van der Waals surface area contributed by atoms with Crippen LogP contribution in [0.15, 0.2) is 0 Å². The van der Waals surface area contributed by atoms with Crippen molar-refractivity contribution in [2.75, 3.05) is 33.4 Å². The lowest BCUT2D eigenvalue weighted by atomic mass is 10.1. The van der Waals surface area contributed by atoms with Gasteiger partial charge in [-0.3, -0.25) is 9.69 Å². The molecule has 0 radical (unpaired) electrons. The van der Waals surface area contributed by atoms with Gasteiger partial charge in [0.15, 0.2) is 0 Å². The summed E-state index contributed by atoms with van der Waals surface area (Å²) >= 11 is 0. The number of nitrogens with one attached hydrogen (secondary N) is 1. The fourth-order valence-electron chi connectivity index (χ4n) is 2.06. The van der Waals surface area contributed by atoms with Crippen molar-refractivity contribution in [3.63, 3.8) is 0 Å². The summed E-state index contributed by atoms with van der Waals surface area (Å²) in [5.41, 5.74) is 5.23. The second-order valence-corrected chi connectivity index (χ2v) is 4.08. The molecule has 1 fully saturated rings. The van der Waals surface area contributed by atoms with Crippen molar-refractivity contribution >= 4 is 5.91 Å². The summed E-state index contributed by atoms with van der Waals surface area (Å²) < 4.78 is 44.0. The number of ether oxygens (including phenoxy) is 1. The van der Waals surface area contributed by atoms with Crippen molar-refractivity contribution in [2.24, 2.45) is 5.73 Å². The topological polar surface area (TPSA) is 67.6 Å². The molecule has 0 aromatic heterocycles. The Morgan fingerprint density at radius 1 is 1.61 bits per heavy atom. The number of likely N-dealkylation sites (N-methyl/N-ethyl adjacent to an activating group) is 1. The van der Waals surface area contributed by atoms with E-state index in [4.69, 9.17) is 10.5 Å². The highest BCUT2D eigenvalue weighted by Crippen LogP contribution is 2.29. The van der Waals surface area contributed by atoms with Crippen LogP contribution in [0.25, 0.3) is 0 Å². The van der Waals surface area contributed by atoms with Crippen LogP contribution in [0.3, 0.4) is 0 Å². The lowest BCUT2D eigenvalue weighted by Gasteiger charge is -2.40. The van der Waals surface area contributed by atoms with Crippen molar-refractivity contribution in [2.45, 2.75) is 24.7 Å². The quantitative estimate of drug-likeness (QED) is 0.736. The molecule has 8 heteroatoms. The number of morpholine rings is 1. The molecule has 1 saturated heterocycles. The smallest absolute Gasteiger partial charge is 0.378 e. The van der Waals surface area contributed by atoms with Gasteiger partial charge in [0.1, 0.15) is 12.1 Å². The zero-order valence-electron chi connectivity index (χ0n) is 10.2. The Kier molecular flexibility index (Phi) is 5.36. The summed E-state index contributed by atoms with van der Waals surface area (Å²) in [7, 11) is 1.39. The van der Waals surface area contributed by atoms with Gasteiger partial charge in [-0.15, -0.1) is 0 Å². The molecule has 1 amide bonds. The first kappa shape index (κ1) is 15.2. The van der Waals surface area contributed by atoms with Crippen LogP contribution in [-0.4, -0.2) is 62.4 Å². The van der Waals surface area contributed by atoms with E-state index in [0.29, 0.717) is 0 Å². The van der Waals surface area contributed by atoms with E-state index in [9.17, 15) is 18.0 Å². The van der Waals surface area contributed by atoms with E-state index in [1.807, 2.05) is 0 Å². The number of hydrogen-bond donors (Lipinski definition) is 2. The summed E-state index contributed by atoms with van der Waals surface area (Å²) in [4.78, 5) is 12.7. The lowest BCUT2D eigenvalue weighted by Crippen LogP contribution is -2.60. The van der Waals surface area contributed by atoms with Gasteiger partial charge in [0, 0.05) is 13.6 Å². The molecule has 1 heterocycles. The minimum Gasteiger partial charge on any atom is -0.378 e. The molecule has 1 rings (SSSR count). The third-order valence-corrected chi connectivity index (χ3v) is 2.94. The van der Waals surface area contributed by atoms with Gasteiger partial charge in [0.25, 0.3) is 0 Å². The summed E-state index contributed by atoms with van der Waals surface area (Å²) in [6.45, 7) is 0.145. The molecule has 0 spiro atoms. The molecule has 0 bridgehead atoms. The number of rotatable bonds is 4. The predicted octanol–water partition coefficient (Wildman–Crippen LogP) is -0.287. The van der Waals surface area contributed by atoms with Gasteiger partial charge < -0.3 is 15.8 Å². The molecule has 0 aliphatic carbocycles. The molecule has 18 heavy (non-hydrogen) atoms. The predicted molar refractivity (Wildman–Crippen MR) is 58.9 cm³/mol. The summed E-state index contributed by atoms with van der Waals surface area (Å²) in [5, 5.41) is 2.35. The van der Waals surface area contributed by atoms with Crippen LogP contribution in [0.2, 0.25) is 0 Å². The van der Waals surface area contributed by atoms with E-state index in [2.05, 4.69) is 5.32 Å². The number of nitrogens with zero attached hydrogens (tertiary/aromatic N) is 1. The number of halogens is 3. The van der Waals surface area contributed by atoms with E-state index in [0.717, 1.165) is 4.90 Å². The maximum atomic E-state index is 13.0. The molecular weight excluding hydrogens is 251 g/mol. The Balaban J connectivity index is 2.88. The Hall–Kier alpha value is -0.860. The fraction of sp³-hybridized carbons (Fsp3) is 0.900. The van der Waals surface area contributed by atoms with Gasteiger partial charge >= 0.3 is 6.18 Å². The minimum absolute atomic E-state index is 0.0309. The average molecular weight is 269 g/mol. The van der Waals surface area contributed by atoms with Crippen LogP contribution in [-0.2, 0) is 9.53 Å². The van der Waals surface area contributed by atoms with Crippen molar-refractivity contribution < 1.29 is 22.7 Å². The van der Waals surface area contributed by atoms with Gasteiger partial charge in [-0.25, -0.2) is 0 Å². The van der Waals surface area contributed by atoms with Crippen molar-refractivity contribution in [1.29, 1.82) is 0 Å². The molecule has 0 aromatic carbocycles. The molecule has 5 nitrogen and oxygen atoms in total. The third-order valence-electron chi connectivity index (χ3n) is 2.94. The second-order valence-electron chi connectivity index (χ2n) is 4.08. The number of nitrogens with two attached hydrogens (primary N) is 1. The fourth-order valence-corrected chi connectivity index (χ4v) is 2.06. The van der Waals surface area contributed by atoms with Gasteiger partial charge in [0.2, 0.25) is 5.91 Å². The van der Waals surface area contributed by atoms with Gasteiger partial charge in [-0.2, -0.15) is 13.2 Å². The number of hydrogen-bond acceptors (Lipinski definition) is 4. The van der Waals surface area contributed by atoms with Crippen molar-refractivity contribution in [3.8, 4) is 0 Å². The first-order chi connectivity index (χ1) is 8.41. The SMILES string of the molecule is CNC(=O)C1COCCN1C(CCN)C(F)(F)F. The monoisotopic (exact) mass is 269 g/mol. The van der Waals surface area contributed by atoms with E-state index in [1.165, 1.54) is 7.05 Å². The molecule has 0 saturated carbocycles. The van der Waals surface area contributed by atoms with E-state index in [-0.39, 0.29) is 32.7 Å². The Labute approximate surface area is 103 Å². The normalized spacial score (nSPS) is 23.7. The maximum absolute atomic E-state index is 13.0. The minimum atomic E-state index is -4.40. The standard InChI is InChI=1S/C10H18F3N3O2/c1-15-9(17)7-6-18-5-4-16(7)8(2-3-14)10(11,12)13/h7-8H,2-6,14H2,1H3,(H,15,17). The largest absolute Gasteiger partial charge is 0.404 e. The average Bonchev–Trinajstić information content (AvgIpc) is 2.33. The number of alkyl halides is 3. The van der Waals surface area contributed by atoms with Crippen LogP contribution in [0.5, 0.6) is 0 Å². The molecular formula is C10H18F3N3O2. The van der Waals surface area contributed by atoms with Crippen LogP contribution >= 0.6 is 0 Å². The van der Waals surface area contributed by atoms with Crippen LogP contribution in [0.4, 0.5) is 13.2 Å². The zero-order valence-corrected chi connectivity index (χ0v) is 10.2. The van der Waals surface area contributed by atoms with Crippen LogP contribution in [0.1, 0.15) is 6.42 Å². The van der Waals surface area contributed by atoms with E-state index in [1.54, 1.807) is 0 Å². The van der Waals surface area contributed by atoms with Crippen molar-refractivity contribution in [3.05, 3.63) is 0 Å². The number of amides is 1. The van der Waals surface area contributed by atoms with Gasteiger partial charge in [-0.1, -0.05) is 0 Å². The molecule has 106 valence electrons. The van der Waals surface area contributed by atoms with Crippen LogP contribution in [0, 0.1) is 0 Å².